The summed E-state index contributed by atoms with van der Waals surface area (Å²) in [5.74, 6) is 0.311. The van der Waals surface area contributed by atoms with Crippen LogP contribution in [0.5, 0.6) is 0 Å². The maximum absolute atomic E-state index is 12.8. The number of fused-ring (bicyclic) bond motifs is 2. The van der Waals surface area contributed by atoms with E-state index >= 15 is 0 Å². The molecule has 3 nitrogen and oxygen atoms in total. The SMILES string of the molecule is O=C(CC1CCCN1)N1CC2(CCCC2)c2ccccc21. The van der Waals surface area contributed by atoms with Gasteiger partial charge in [-0.25, -0.2) is 0 Å². The zero-order valence-electron chi connectivity index (χ0n) is 12.6. The molecule has 1 atom stereocenters. The van der Waals surface area contributed by atoms with Gasteiger partial charge in [-0.3, -0.25) is 4.79 Å². The van der Waals surface area contributed by atoms with Gasteiger partial charge in [0.2, 0.25) is 5.91 Å². The molecule has 1 unspecified atom stereocenters. The maximum Gasteiger partial charge on any atom is 0.228 e. The number of rotatable bonds is 2. The van der Waals surface area contributed by atoms with Crippen molar-refractivity contribution in [3.63, 3.8) is 0 Å². The molecule has 1 amide bonds. The Balaban J connectivity index is 1.60. The van der Waals surface area contributed by atoms with Crippen LogP contribution in [-0.2, 0) is 10.2 Å². The largest absolute Gasteiger partial charge is 0.313 e. The Kier molecular flexibility index (Phi) is 3.26. The van der Waals surface area contributed by atoms with E-state index in [1.807, 2.05) is 0 Å². The summed E-state index contributed by atoms with van der Waals surface area (Å²) in [4.78, 5) is 14.9. The molecule has 1 aliphatic carbocycles. The van der Waals surface area contributed by atoms with Crippen LogP contribution in [0, 0.1) is 0 Å². The first-order chi connectivity index (χ1) is 10.3. The summed E-state index contributed by atoms with van der Waals surface area (Å²) in [5.41, 5.74) is 2.87. The number of carbonyl (C=O) groups is 1. The van der Waals surface area contributed by atoms with Crippen molar-refractivity contribution in [2.75, 3.05) is 18.0 Å². The summed E-state index contributed by atoms with van der Waals surface area (Å²) < 4.78 is 0. The summed E-state index contributed by atoms with van der Waals surface area (Å²) in [6, 6.07) is 8.99. The number of para-hydroxylation sites is 1. The van der Waals surface area contributed by atoms with Gasteiger partial charge in [0.05, 0.1) is 0 Å². The maximum atomic E-state index is 12.8. The van der Waals surface area contributed by atoms with Crippen LogP contribution >= 0.6 is 0 Å². The standard InChI is InChI=1S/C18H24N2O/c21-17(12-14-6-5-11-19-14)20-13-18(9-3-4-10-18)15-7-1-2-8-16(15)20/h1-2,7-8,14,19H,3-6,9-13H2. The zero-order chi connectivity index (χ0) is 14.3. The van der Waals surface area contributed by atoms with Gasteiger partial charge in [0.1, 0.15) is 0 Å². The third-order valence-corrected chi connectivity index (χ3v) is 5.67. The fraction of sp³-hybridized carbons (Fsp3) is 0.611. The monoisotopic (exact) mass is 284 g/mol. The van der Waals surface area contributed by atoms with Crippen molar-refractivity contribution in [1.82, 2.24) is 5.32 Å². The molecule has 0 bridgehead atoms. The molecule has 112 valence electrons. The number of carbonyl (C=O) groups excluding carboxylic acids is 1. The fourth-order valence-corrected chi connectivity index (χ4v) is 4.58. The minimum atomic E-state index is 0.259. The van der Waals surface area contributed by atoms with E-state index in [9.17, 15) is 4.79 Å². The summed E-state index contributed by atoms with van der Waals surface area (Å²) in [7, 11) is 0. The Morgan fingerprint density at radius 1 is 1.24 bits per heavy atom. The highest BCUT2D eigenvalue weighted by atomic mass is 16.2. The quantitative estimate of drug-likeness (QED) is 0.905. The van der Waals surface area contributed by atoms with E-state index in [0.717, 1.165) is 19.5 Å². The second kappa shape index (κ2) is 5.13. The molecule has 4 rings (SSSR count). The number of benzene rings is 1. The van der Waals surface area contributed by atoms with E-state index in [2.05, 4.69) is 34.5 Å². The molecule has 0 aromatic heterocycles. The Hall–Kier alpha value is -1.35. The van der Waals surface area contributed by atoms with E-state index in [1.54, 1.807) is 0 Å². The number of amides is 1. The average molecular weight is 284 g/mol. The molecule has 0 radical (unpaired) electrons. The van der Waals surface area contributed by atoms with E-state index in [-0.39, 0.29) is 5.41 Å². The van der Waals surface area contributed by atoms with Gasteiger partial charge in [-0.1, -0.05) is 31.0 Å². The molecule has 1 saturated heterocycles. The number of anilines is 1. The molecule has 1 spiro atoms. The first kappa shape index (κ1) is 13.3. The topological polar surface area (TPSA) is 32.3 Å². The van der Waals surface area contributed by atoms with Crippen molar-refractivity contribution >= 4 is 11.6 Å². The van der Waals surface area contributed by atoms with Crippen molar-refractivity contribution in [2.45, 2.75) is 56.4 Å². The van der Waals surface area contributed by atoms with Crippen LogP contribution in [0.15, 0.2) is 24.3 Å². The minimum Gasteiger partial charge on any atom is -0.313 e. The number of nitrogens with one attached hydrogen (secondary N) is 1. The lowest BCUT2D eigenvalue weighted by molar-refractivity contribution is -0.119. The minimum absolute atomic E-state index is 0.259. The molecule has 1 N–H and O–H groups in total. The third kappa shape index (κ3) is 2.18. The van der Waals surface area contributed by atoms with Gasteiger partial charge in [-0.05, 0) is 43.9 Å². The van der Waals surface area contributed by atoms with Crippen LogP contribution in [0.2, 0.25) is 0 Å². The van der Waals surface area contributed by atoms with E-state index in [4.69, 9.17) is 0 Å². The second-order valence-corrected chi connectivity index (χ2v) is 6.98. The summed E-state index contributed by atoms with van der Waals surface area (Å²) in [6.45, 7) is 1.98. The van der Waals surface area contributed by atoms with Crippen LogP contribution in [0.25, 0.3) is 0 Å². The highest BCUT2D eigenvalue weighted by Crippen LogP contribution is 2.50. The molecule has 1 saturated carbocycles. The lowest BCUT2D eigenvalue weighted by Gasteiger charge is -2.25. The molecule has 3 heteroatoms. The predicted molar refractivity (Wildman–Crippen MR) is 84.6 cm³/mol. The molecule has 21 heavy (non-hydrogen) atoms. The first-order valence-corrected chi connectivity index (χ1v) is 8.42. The number of nitrogens with zero attached hydrogens (tertiary/aromatic N) is 1. The molecule has 1 aromatic carbocycles. The molecule has 2 heterocycles. The normalized spacial score (nSPS) is 26.5. The highest BCUT2D eigenvalue weighted by molar-refractivity contribution is 5.96. The number of hydrogen-bond acceptors (Lipinski definition) is 2. The van der Waals surface area contributed by atoms with Crippen LogP contribution in [0.4, 0.5) is 5.69 Å². The zero-order valence-corrected chi connectivity index (χ0v) is 12.6. The molecule has 1 aromatic rings. The van der Waals surface area contributed by atoms with Crippen LogP contribution in [-0.4, -0.2) is 25.0 Å². The van der Waals surface area contributed by atoms with Gasteiger partial charge >= 0.3 is 0 Å². The van der Waals surface area contributed by atoms with Gasteiger partial charge in [0.15, 0.2) is 0 Å². The summed E-state index contributed by atoms with van der Waals surface area (Å²) in [5, 5.41) is 3.45. The van der Waals surface area contributed by atoms with E-state index < -0.39 is 0 Å². The molecule has 2 aliphatic heterocycles. The lowest BCUT2D eigenvalue weighted by atomic mass is 9.81. The van der Waals surface area contributed by atoms with E-state index in [0.29, 0.717) is 18.4 Å². The highest BCUT2D eigenvalue weighted by Gasteiger charge is 2.46. The predicted octanol–water partition coefficient (Wildman–Crippen LogP) is 2.99. The van der Waals surface area contributed by atoms with Gasteiger partial charge in [0, 0.05) is 30.1 Å². The van der Waals surface area contributed by atoms with Crippen LogP contribution in [0.1, 0.15) is 50.5 Å². The van der Waals surface area contributed by atoms with Crippen molar-refractivity contribution in [3.05, 3.63) is 29.8 Å². The van der Waals surface area contributed by atoms with E-state index in [1.165, 1.54) is 43.4 Å². The summed E-state index contributed by atoms with van der Waals surface area (Å²) >= 11 is 0. The fourth-order valence-electron chi connectivity index (χ4n) is 4.58. The number of hydrogen-bond donors (Lipinski definition) is 1. The summed E-state index contributed by atoms with van der Waals surface area (Å²) in [6.07, 6.45) is 8.11. The van der Waals surface area contributed by atoms with Crippen molar-refractivity contribution in [1.29, 1.82) is 0 Å². The Labute approximate surface area is 126 Å². The molecule has 2 fully saturated rings. The van der Waals surface area contributed by atoms with Gasteiger partial charge in [0.25, 0.3) is 0 Å². The van der Waals surface area contributed by atoms with Crippen molar-refractivity contribution < 1.29 is 4.79 Å². The Bertz CT molecular complexity index is 542. The van der Waals surface area contributed by atoms with Crippen LogP contribution < -0.4 is 10.2 Å². The Morgan fingerprint density at radius 2 is 2.05 bits per heavy atom. The molecular weight excluding hydrogens is 260 g/mol. The van der Waals surface area contributed by atoms with Gasteiger partial charge in [-0.2, -0.15) is 0 Å². The third-order valence-electron chi connectivity index (χ3n) is 5.67. The smallest absolute Gasteiger partial charge is 0.228 e. The molecular formula is C18H24N2O. The second-order valence-electron chi connectivity index (χ2n) is 6.98. The average Bonchev–Trinajstić information content (AvgIpc) is 3.22. The first-order valence-electron chi connectivity index (χ1n) is 8.42. The lowest BCUT2D eigenvalue weighted by Crippen LogP contribution is -2.38. The van der Waals surface area contributed by atoms with Gasteiger partial charge < -0.3 is 10.2 Å². The Morgan fingerprint density at radius 3 is 2.81 bits per heavy atom. The van der Waals surface area contributed by atoms with Crippen LogP contribution in [0.3, 0.4) is 0 Å². The van der Waals surface area contributed by atoms with Crippen molar-refractivity contribution in [2.24, 2.45) is 0 Å². The van der Waals surface area contributed by atoms with Crippen molar-refractivity contribution in [3.8, 4) is 0 Å². The van der Waals surface area contributed by atoms with Gasteiger partial charge in [-0.15, -0.1) is 0 Å². The molecule has 3 aliphatic rings.